The Hall–Kier alpha value is -1.61. The monoisotopic (exact) mass is 310 g/mol. The minimum Gasteiger partial charge on any atom is -0.382 e. The largest absolute Gasteiger partial charge is 0.382 e. The summed E-state index contributed by atoms with van der Waals surface area (Å²) in [6.07, 6.45) is 3.35. The fraction of sp³-hybridized carbons (Fsp3) is 0.417. The number of hydrogen-bond acceptors (Lipinski definition) is 4. The van der Waals surface area contributed by atoms with Gasteiger partial charge in [-0.1, -0.05) is 0 Å². The average molecular weight is 311 g/mol. The number of aromatic nitrogens is 2. The van der Waals surface area contributed by atoms with Crippen molar-refractivity contribution in [2.24, 2.45) is 0 Å². The number of nitrogens with zero attached hydrogens (tertiary/aromatic N) is 4. The van der Waals surface area contributed by atoms with Crippen LogP contribution in [-0.4, -0.2) is 34.6 Å². The zero-order valence-electron chi connectivity index (χ0n) is 10.6. The number of rotatable bonds is 5. The van der Waals surface area contributed by atoms with Gasteiger partial charge in [-0.3, -0.25) is 9.48 Å². The van der Waals surface area contributed by atoms with Crippen molar-refractivity contribution in [1.82, 2.24) is 14.7 Å². The summed E-state index contributed by atoms with van der Waals surface area (Å²) in [5, 5.41) is 13.1. The van der Waals surface area contributed by atoms with E-state index < -0.39 is 0 Å². The lowest BCUT2D eigenvalue weighted by Crippen LogP contribution is -2.10. The number of carbonyl (C=O) groups excluding carboxylic acids is 1. The molecule has 18 heavy (non-hydrogen) atoms. The molecular weight excluding hydrogens is 296 g/mol. The third-order valence-electron chi connectivity index (χ3n) is 2.30. The average Bonchev–Trinajstić information content (AvgIpc) is 2.67. The lowest BCUT2D eigenvalue weighted by Gasteiger charge is -2.05. The van der Waals surface area contributed by atoms with Gasteiger partial charge in [-0.2, -0.15) is 10.4 Å². The molecule has 6 heteroatoms. The van der Waals surface area contributed by atoms with Crippen LogP contribution >= 0.6 is 15.9 Å². The standard InChI is InChI=1S/C12H15BrN4O/c1-4-17-12(13)9(7-15-17)5-11(18)10(6-14)8-16(2)3/h7-8H,4-5H2,1-3H3/b10-8+. The predicted octanol–water partition coefficient (Wildman–Crippen LogP) is 1.75. The summed E-state index contributed by atoms with van der Waals surface area (Å²) in [6.45, 7) is 2.70. The Morgan fingerprint density at radius 1 is 1.67 bits per heavy atom. The van der Waals surface area contributed by atoms with E-state index >= 15 is 0 Å². The minimum atomic E-state index is -0.206. The smallest absolute Gasteiger partial charge is 0.179 e. The fourth-order valence-electron chi connectivity index (χ4n) is 1.44. The van der Waals surface area contributed by atoms with Crippen LogP contribution in [0.4, 0.5) is 0 Å². The number of carbonyl (C=O) groups is 1. The molecule has 0 spiro atoms. The van der Waals surface area contributed by atoms with Gasteiger partial charge in [-0.25, -0.2) is 0 Å². The molecule has 0 amide bonds. The first-order valence-electron chi connectivity index (χ1n) is 5.51. The van der Waals surface area contributed by atoms with Crippen LogP contribution in [0.5, 0.6) is 0 Å². The van der Waals surface area contributed by atoms with E-state index in [1.165, 1.54) is 6.20 Å². The molecular formula is C12H15BrN4O. The summed E-state index contributed by atoms with van der Waals surface area (Å²) in [5.74, 6) is -0.206. The van der Waals surface area contributed by atoms with Crippen molar-refractivity contribution in [2.75, 3.05) is 14.1 Å². The third-order valence-corrected chi connectivity index (χ3v) is 3.22. The molecule has 0 aromatic carbocycles. The predicted molar refractivity (Wildman–Crippen MR) is 71.7 cm³/mol. The molecule has 0 atom stereocenters. The molecule has 0 radical (unpaired) electrons. The molecule has 0 N–H and O–H groups in total. The number of halogens is 1. The van der Waals surface area contributed by atoms with Crippen molar-refractivity contribution >= 4 is 21.7 Å². The van der Waals surface area contributed by atoms with Gasteiger partial charge in [-0.05, 0) is 22.9 Å². The van der Waals surface area contributed by atoms with Crippen LogP contribution in [0, 0.1) is 11.3 Å². The number of Topliss-reactive ketones (excluding diaryl/α,β-unsaturated/α-hetero) is 1. The normalized spacial score (nSPS) is 11.2. The Morgan fingerprint density at radius 3 is 2.78 bits per heavy atom. The van der Waals surface area contributed by atoms with Gasteiger partial charge in [0.2, 0.25) is 0 Å². The van der Waals surface area contributed by atoms with Gasteiger partial charge in [0.05, 0.1) is 6.20 Å². The summed E-state index contributed by atoms with van der Waals surface area (Å²) in [5.41, 5.74) is 0.943. The zero-order chi connectivity index (χ0) is 13.7. The van der Waals surface area contributed by atoms with Gasteiger partial charge in [0.1, 0.15) is 16.2 Å². The van der Waals surface area contributed by atoms with E-state index in [0.717, 1.165) is 16.7 Å². The van der Waals surface area contributed by atoms with E-state index in [1.807, 2.05) is 13.0 Å². The molecule has 0 saturated heterocycles. The van der Waals surface area contributed by atoms with Crippen LogP contribution < -0.4 is 0 Å². The lowest BCUT2D eigenvalue weighted by molar-refractivity contribution is -0.114. The molecule has 1 aromatic rings. The molecule has 0 fully saturated rings. The second kappa shape index (κ2) is 6.36. The van der Waals surface area contributed by atoms with E-state index in [2.05, 4.69) is 21.0 Å². The van der Waals surface area contributed by atoms with Crippen molar-refractivity contribution in [2.45, 2.75) is 19.9 Å². The Morgan fingerprint density at radius 2 is 2.33 bits per heavy atom. The van der Waals surface area contributed by atoms with Crippen LogP contribution in [0.3, 0.4) is 0 Å². The molecule has 0 bridgehead atoms. The second-order valence-corrected chi connectivity index (χ2v) is 4.75. The van der Waals surface area contributed by atoms with Crippen LogP contribution in [0.15, 0.2) is 22.6 Å². The minimum absolute atomic E-state index is 0.149. The van der Waals surface area contributed by atoms with E-state index in [-0.39, 0.29) is 17.8 Å². The van der Waals surface area contributed by atoms with Crippen LogP contribution in [-0.2, 0) is 17.8 Å². The fourth-order valence-corrected chi connectivity index (χ4v) is 2.02. The maximum absolute atomic E-state index is 12.0. The highest BCUT2D eigenvalue weighted by Gasteiger charge is 2.15. The number of ketones is 1. The Kier molecular flexibility index (Phi) is 5.10. The lowest BCUT2D eigenvalue weighted by atomic mass is 10.1. The molecule has 5 nitrogen and oxygen atoms in total. The molecule has 0 aliphatic carbocycles. The second-order valence-electron chi connectivity index (χ2n) is 3.99. The molecule has 0 aliphatic heterocycles. The van der Waals surface area contributed by atoms with Gasteiger partial charge in [0.25, 0.3) is 0 Å². The van der Waals surface area contributed by atoms with Gasteiger partial charge in [0.15, 0.2) is 5.78 Å². The van der Waals surface area contributed by atoms with Gasteiger partial charge < -0.3 is 4.90 Å². The highest BCUT2D eigenvalue weighted by Crippen LogP contribution is 2.18. The summed E-state index contributed by atoms with van der Waals surface area (Å²) in [6, 6.07) is 1.92. The van der Waals surface area contributed by atoms with Crippen LogP contribution in [0.1, 0.15) is 12.5 Å². The SMILES string of the molecule is CCn1ncc(CC(=O)/C(C#N)=C/N(C)C)c1Br. The Balaban J connectivity index is 2.88. The van der Waals surface area contributed by atoms with E-state index in [0.29, 0.717) is 0 Å². The van der Waals surface area contributed by atoms with Crippen molar-refractivity contribution < 1.29 is 4.79 Å². The molecule has 1 heterocycles. The van der Waals surface area contributed by atoms with Crippen molar-refractivity contribution in [3.05, 3.63) is 28.1 Å². The molecule has 1 aromatic heterocycles. The third kappa shape index (κ3) is 3.44. The number of aryl methyl sites for hydroxylation is 1. The topological polar surface area (TPSA) is 61.9 Å². The van der Waals surface area contributed by atoms with E-state index in [4.69, 9.17) is 5.26 Å². The summed E-state index contributed by atoms with van der Waals surface area (Å²) >= 11 is 3.40. The number of allylic oxidation sites excluding steroid dienone is 1. The van der Waals surface area contributed by atoms with Crippen molar-refractivity contribution in [3.63, 3.8) is 0 Å². The molecule has 0 saturated carbocycles. The first-order valence-corrected chi connectivity index (χ1v) is 6.30. The number of hydrogen-bond donors (Lipinski definition) is 0. The van der Waals surface area contributed by atoms with Crippen molar-refractivity contribution in [3.8, 4) is 6.07 Å². The van der Waals surface area contributed by atoms with Crippen molar-refractivity contribution in [1.29, 1.82) is 5.26 Å². The van der Waals surface area contributed by atoms with Gasteiger partial charge in [0, 0.05) is 38.8 Å². The molecule has 1 rings (SSSR count). The van der Waals surface area contributed by atoms with Gasteiger partial charge in [-0.15, -0.1) is 0 Å². The highest BCUT2D eigenvalue weighted by molar-refractivity contribution is 9.10. The molecule has 96 valence electrons. The van der Waals surface area contributed by atoms with E-state index in [1.54, 1.807) is 29.9 Å². The summed E-state index contributed by atoms with van der Waals surface area (Å²) < 4.78 is 2.55. The molecule has 0 aliphatic rings. The first-order chi connectivity index (χ1) is 8.49. The first kappa shape index (κ1) is 14.5. The zero-order valence-corrected chi connectivity index (χ0v) is 12.2. The van der Waals surface area contributed by atoms with Crippen LogP contribution in [0.25, 0.3) is 0 Å². The molecule has 0 unspecified atom stereocenters. The van der Waals surface area contributed by atoms with Gasteiger partial charge >= 0.3 is 0 Å². The number of nitriles is 1. The summed E-state index contributed by atoms with van der Waals surface area (Å²) in [7, 11) is 3.55. The Bertz CT molecular complexity index is 511. The maximum atomic E-state index is 12.0. The Labute approximate surface area is 115 Å². The summed E-state index contributed by atoms with van der Waals surface area (Å²) in [4.78, 5) is 13.6. The maximum Gasteiger partial charge on any atom is 0.179 e. The quantitative estimate of drug-likeness (QED) is 0.614. The van der Waals surface area contributed by atoms with E-state index in [9.17, 15) is 4.79 Å². The highest BCUT2D eigenvalue weighted by atomic mass is 79.9. The van der Waals surface area contributed by atoms with Crippen LogP contribution in [0.2, 0.25) is 0 Å².